The molecule has 13 heteroatoms. The SMILES string of the molecule is CC[C@@H]1CN2c3nc(OC[C@@]45CCCN4C[C@H](F)C5)nc4c(F)c(-c5c(Cl)c(C)cc6[nH]ncc56)nc(c34)O[C@@H](C)[C@@H]2CN1. The second-order valence-corrected chi connectivity index (χ2v) is 13.1. The molecule has 3 saturated heterocycles. The summed E-state index contributed by atoms with van der Waals surface area (Å²) in [4.78, 5) is 18.7. The number of piperazine rings is 1. The maximum Gasteiger partial charge on any atom is 0.319 e. The summed E-state index contributed by atoms with van der Waals surface area (Å²) < 4.78 is 44.3. The Balaban J connectivity index is 1.33. The summed E-state index contributed by atoms with van der Waals surface area (Å²) in [5.74, 6) is 0.139. The molecule has 0 aliphatic carbocycles. The molecular formula is C31H35ClF2N8O2. The summed E-state index contributed by atoms with van der Waals surface area (Å²) in [5, 5.41) is 12.2. The Morgan fingerprint density at radius 3 is 2.95 bits per heavy atom. The fraction of sp³-hybridized carbons (Fsp3) is 0.548. The maximum atomic E-state index is 17.0. The average Bonchev–Trinajstić information content (AvgIpc) is 3.69. The Morgan fingerprint density at radius 2 is 2.11 bits per heavy atom. The van der Waals surface area contributed by atoms with E-state index in [-0.39, 0.29) is 47.9 Å². The second kappa shape index (κ2) is 10.3. The number of H-pyrrole nitrogens is 1. The zero-order chi connectivity index (χ0) is 30.3. The molecule has 4 aliphatic heterocycles. The molecule has 0 spiro atoms. The molecular weight excluding hydrogens is 590 g/mol. The predicted octanol–water partition coefficient (Wildman–Crippen LogP) is 4.96. The summed E-state index contributed by atoms with van der Waals surface area (Å²) in [6.07, 6.45) is 3.60. The molecule has 4 aliphatic rings. The van der Waals surface area contributed by atoms with Gasteiger partial charge >= 0.3 is 6.01 Å². The number of aryl methyl sites for hydroxylation is 1. The Morgan fingerprint density at radius 1 is 1.25 bits per heavy atom. The van der Waals surface area contributed by atoms with Crippen molar-refractivity contribution < 1.29 is 18.3 Å². The normalized spacial score (nSPS) is 28.3. The summed E-state index contributed by atoms with van der Waals surface area (Å²) in [7, 11) is 0. The van der Waals surface area contributed by atoms with Crippen LogP contribution in [0.4, 0.5) is 14.6 Å². The number of fused-ring (bicyclic) bond motifs is 4. The number of alkyl halides is 1. The topological polar surface area (TPSA) is 104 Å². The van der Waals surface area contributed by atoms with Gasteiger partial charge in [-0.2, -0.15) is 15.1 Å². The summed E-state index contributed by atoms with van der Waals surface area (Å²) in [6.45, 7) is 8.80. The molecule has 1 aromatic carbocycles. The van der Waals surface area contributed by atoms with Crippen molar-refractivity contribution in [3.05, 3.63) is 28.7 Å². The van der Waals surface area contributed by atoms with Crippen molar-refractivity contribution in [1.29, 1.82) is 0 Å². The average molecular weight is 625 g/mol. The quantitative estimate of drug-likeness (QED) is 0.319. The minimum absolute atomic E-state index is 0.0245. The molecule has 44 heavy (non-hydrogen) atoms. The number of ether oxygens (including phenoxy) is 2. The van der Waals surface area contributed by atoms with Gasteiger partial charge in [0.15, 0.2) is 5.82 Å². The van der Waals surface area contributed by atoms with Crippen molar-refractivity contribution in [3.63, 3.8) is 0 Å². The zero-order valence-electron chi connectivity index (χ0n) is 25.0. The lowest BCUT2D eigenvalue weighted by Crippen LogP contribution is -2.60. The van der Waals surface area contributed by atoms with Gasteiger partial charge in [0, 0.05) is 43.0 Å². The van der Waals surface area contributed by atoms with Crippen LogP contribution in [0.1, 0.15) is 45.1 Å². The van der Waals surface area contributed by atoms with E-state index in [2.05, 4.69) is 37.2 Å². The van der Waals surface area contributed by atoms with Gasteiger partial charge in [-0.05, 0) is 51.3 Å². The number of anilines is 1. The number of nitrogens with one attached hydrogen (secondary N) is 2. The lowest BCUT2D eigenvalue weighted by atomic mass is 9.95. The standard InChI is InChI=1S/C31H35ClF2N8O2/c1-4-18-13-42-21(11-35-18)16(3)44-29-23-27(25(34)26(37-29)22-19-10-36-40-20(19)8-15(2)24(22)32)38-30(39-28(23)42)43-14-31-6-5-7-41(31)12-17(33)9-31/h8,10,16-18,21,35H,4-7,9,11-14H2,1-3H3,(H,36,40)/t16-,17+,18+,21-,31-/m0/s1. The van der Waals surface area contributed by atoms with E-state index < -0.39 is 17.5 Å². The summed E-state index contributed by atoms with van der Waals surface area (Å²) in [6, 6.07) is 2.07. The van der Waals surface area contributed by atoms with Gasteiger partial charge < -0.3 is 19.7 Å². The monoisotopic (exact) mass is 624 g/mol. The van der Waals surface area contributed by atoms with Gasteiger partial charge in [-0.15, -0.1) is 0 Å². The van der Waals surface area contributed by atoms with Crippen molar-refractivity contribution in [2.24, 2.45) is 0 Å². The number of halogens is 3. The molecule has 2 N–H and O–H groups in total. The van der Waals surface area contributed by atoms with Crippen LogP contribution < -0.4 is 19.7 Å². The number of rotatable bonds is 5. The smallest absolute Gasteiger partial charge is 0.319 e. The highest BCUT2D eigenvalue weighted by Gasteiger charge is 2.49. The molecule has 0 radical (unpaired) electrons. The first-order valence-corrected chi connectivity index (χ1v) is 15.9. The van der Waals surface area contributed by atoms with E-state index in [1.165, 1.54) is 0 Å². The van der Waals surface area contributed by atoms with Crippen molar-refractivity contribution in [2.45, 2.75) is 76.4 Å². The Bertz CT molecular complexity index is 1790. The molecule has 4 aromatic rings. The van der Waals surface area contributed by atoms with Crippen LogP contribution in [0.5, 0.6) is 11.9 Å². The molecule has 7 heterocycles. The van der Waals surface area contributed by atoms with Gasteiger partial charge in [0.1, 0.15) is 41.3 Å². The predicted molar refractivity (Wildman–Crippen MR) is 164 cm³/mol. The number of aromatic nitrogens is 5. The molecule has 3 fully saturated rings. The third-order valence-electron chi connectivity index (χ3n) is 10.1. The lowest BCUT2D eigenvalue weighted by molar-refractivity contribution is 0.107. The molecule has 0 bridgehead atoms. The van der Waals surface area contributed by atoms with Gasteiger partial charge in [-0.25, -0.2) is 13.8 Å². The molecule has 3 aromatic heterocycles. The fourth-order valence-electron chi connectivity index (χ4n) is 7.73. The number of aromatic amines is 1. The van der Waals surface area contributed by atoms with Crippen LogP contribution in [0.15, 0.2) is 12.3 Å². The van der Waals surface area contributed by atoms with E-state index in [4.69, 9.17) is 31.0 Å². The van der Waals surface area contributed by atoms with Crippen LogP contribution in [0.3, 0.4) is 0 Å². The molecule has 8 rings (SSSR count). The number of hydrogen-bond acceptors (Lipinski definition) is 9. The molecule has 10 nitrogen and oxygen atoms in total. The van der Waals surface area contributed by atoms with E-state index in [0.29, 0.717) is 58.7 Å². The first-order valence-electron chi connectivity index (χ1n) is 15.5. The van der Waals surface area contributed by atoms with Crippen LogP contribution >= 0.6 is 11.6 Å². The Kier molecular flexibility index (Phi) is 6.62. The first kappa shape index (κ1) is 28.1. The van der Waals surface area contributed by atoms with Gasteiger partial charge in [-0.3, -0.25) is 10.00 Å². The third kappa shape index (κ3) is 4.24. The molecule has 232 valence electrons. The highest BCUT2D eigenvalue weighted by Crippen LogP contribution is 2.45. The minimum atomic E-state index is -0.889. The fourth-order valence-corrected chi connectivity index (χ4v) is 7.98. The van der Waals surface area contributed by atoms with E-state index in [9.17, 15) is 4.39 Å². The third-order valence-corrected chi connectivity index (χ3v) is 10.6. The van der Waals surface area contributed by atoms with Crippen molar-refractivity contribution >= 4 is 39.2 Å². The second-order valence-electron chi connectivity index (χ2n) is 12.8. The largest absolute Gasteiger partial charge is 0.472 e. The number of hydrogen-bond donors (Lipinski definition) is 2. The van der Waals surface area contributed by atoms with Gasteiger partial charge in [0.25, 0.3) is 0 Å². The van der Waals surface area contributed by atoms with Gasteiger partial charge in [-0.1, -0.05) is 18.5 Å². The van der Waals surface area contributed by atoms with Crippen LogP contribution in [-0.4, -0.2) is 92.7 Å². The zero-order valence-corrected chi connectivity index (χ0v) is 25.7. The Labute approximate surface area is 258 Å². The van der Waals surface area contributed by atoms with Crippen LogP contribution in [0.2, 0.25) is 5.02 Å². The van der Waals surface area contributed by atoms with Crippen molar-refractivity contribution in [1.82, 2.24) is 35.4 Å². The first-order chi connectivity index (χ1) is 21.3. The number of benzene rings is 1. The van der Waals surface area contributed by atoms with E-state index in [0.717, 1.165) is 31.4 Å². The van der Waals surface area contributed by atoms with Crippen LogP contribution in [0, 0.1) is 12.7 Å². The molecule has 0 amide bonds. The van der Waals surface area contributed by atoms with Gasteiger partial charge in [0.2, 0.25) is 5.88 Å². The van der Waals surface area contributed by atoms with Crippen LogP contribution in [0.25, 0.3) is 33.1 Å². The molecule has 5 atom stereocenters. The van der Waals surface area contributed by atoms with Gasteiger partial charge in [0.05, 0.1) is 28.3 Å². The van der Waals surface area contributed by atoms with E-state index in [1.54, 1.807) is 6.20 Å². The maximum absolute atomic E-state index is 17.0. The lowest BCUT2D eigenvalue weighted by Gasteiger charge is -2.42. The number of nitrogens with zero attached hydrogens (tertiary/aromatic N) is 6. The Hall–Kier alpha value is -3.35. The van der Waals surface area contributed by atoms with Crippen LogP contribution in [-0.2, 0) is 0 Å². The summed E-state index contributed by atoms with van der Waals surface area (Å²) >= 11 is 6.84. The highest BCUT2D eigenvalue weighted by molar-refractivity contribution is 6.35. The highest BCUT2D eigenvalue weighted by atomic mass is 35.5. The molecule has 0 unspecified atom stereocenters. The van der Waals surface area contributed by atoms with E-state index in [1.807, 2.05) is 19.9 Å². The van der Waals surface area contributed by atoms with E-state index >= 15 is 4.39 Å². The summed E-state index contributed by atoms with van der Waals surface area (Å²) in [5.41, 5.74) is 1.56. The van der Waals surface area contributed by atoms with Crippen molar-refractivity contribution in [2.75, 3.05) is 37.7 Å². The van der Waals surface area contributed by atoms with Crippen molar-refractivity contribution in [3.8, 4) is 23.1 Å². The minimum Gasteiger partial charge on any atom is -0.472 e. The number of pyridine rings is 1. The molecule has 0 saturated carbocycles.